The Morgan fingerprint density at radius 2 is 1.88 bits per heavy atom. The molecule has 0 atom stereocenters. The quantitative estimate of drug-likeness (QED) is 0.611. The number of H-pyrrole nitrogens is 2. The molecule has 0 amide bonds. The molecule has 1 aromatic carbocycles. The lowest BCUT2D eigenvalue weighted by molar-refractivity contribution is 1.04. The van der Waals surface area contributed by atoms with Crippen molar-refractivity contribution < 1.29 is 0 Å². The lowest BCUT2D eigenvalue weighted by atomic mass is 10.1. The van der Waals surface area contributed by atoms with Gasteiger partial charge in [-0.15, -0.1) is 0 Å². The molecule has 5 nitrogen and oxygen atoms in total. The van der Waals surface area contributed by atoms with Crippen LogP contribution in [-0.2, 0) is 0 Å². The van der Waals surface area contributed by atoms with Crippen LogP contribution >= 0.6 is 0 Å². The molecule has 0 bridgehead atoms. The maximum Gasteiger partial charge on any atom is 0.326 e. The van der Waals surface area contributed by atoms with E-state index in [4.69, 9.17) is 5.73 Å². The van der Waals surface area contributed by atoms with Crippen LogP contribution in [0.5, 0.6) is 0 Å². The van der Waals surface area contributed by atoms with E-state index >= 15 is 0 Å². The molecule has 2 rings (SSSR count). The van der Waals surface area contributed by atoms with E-state index in [9.17, 15) is 9.59 Å². The summed E-state index contributed by atoms with van der Waals surface area (Å²) in [7, 11) is 0. The molecule has 5 heteroatoms. The van der Waals surface area contributed by atoms with Crippen molar-refractivity contribution in [2.75, 3.05) is 5.73 Å². The van der Waals surface area contributed by atoms with E-state index in [-0.39, 0.29) is 0 Å². The van der Waals surface area contributed by atoms with Gasteiger partial charge in [-0.3, -0.25) is 9.78 Å². The Labute approximate surface area is 91.0 Å². The van der Waals surface area contributed by atoms with Gasteiger partial charge in [0, 0.05) is 17.3 Å². The van der Waals surface area contributed by atoms with Crippen molar-refractivity contribution in [1.29, 1.82) is 0 Å². The minimum atomic E-state index is -0.526. The normalized spacial score (nSPS) is 10.3. The van der Waals surface area contributed by atoms with Crippen LogP contribution in [0.15, 0.2) is 33.9 Å². The molecule has 82 valence electrons. The van der Waals surface area contributed by atoms with Gasteiger partial charge in [-0.25, -0.2) is 4.79 Å². The Hall–Kier alpha value is -2.30. The summed E-state index contributed by atoms with van der Waals surface area (Å²) < 4.78 is 0. The van der Waals surface area contributed by atoms with Crippen molar-refractivity contribution in [3.63, 3.8) is 0 Å². The molecule has 0 spiro atoms. The fourth-order valence-electron chi connectivity index (χ4n) is 1.43. The second kappa shape index (κ2) is 3.69. The molecular weight excluding hydrogens is 206 g/mol. The standard InChI is InChI=1S/C11H11N3O2/c1-6-2-3-7(4-8(6)12)9-5-10(15)14-11(16)13-9/h2-5H,12H2,1H3,(H2,13,14,15,16). The van der Waals surface area contributed by atoms with E-state index in [1.54, 1.807) is 12.1 Å². The second-order valence-corrected chi connectivity index (χ2v) is 3.57. The Bertz CT molecular complexity index is 612. The van der Waals surface area contributed by atoms with Gasteiger partial charge in [0.15, 0.2) is 0 Å². The highest BCUT2D eigenvalue weighted by Crippen LogP contribution is 2.20. The SMILES string of the molecule is Cc1ccc(-c2cc(=O)[nH]c(=O)[nH]2)cc1N. The first kappa shape index (κ1) is 10.2. The van der Waals surface area contributed by atoms with Gasteiger partial charge in [0.1, 0.15) is 0 Å². The lowest BCUT2D eigenvalue weighted by Gasteiger charge is -2.04. The third kappa shape index (κ3) is 1.88. The molecule has 0 aliphatic carbocycles. The molecule has 0 aliphatic rings. The maximum absolute atomic E-state index is 11.1. The fourth-order valence-corrected chi connectivity index (χ4v) is 1.43. The molecule has 0 unspecified atom stereocenters. The number of nitrogens with two attached hydrogens (primary N) is 1. The van der Waals surface area contributed by atoms with Crippen LogP contribution in [0.1, 0.15) is 5.56 Å². The zero-order valence-corrected chi connectivity index (χ0v) is 8.70. The number of anilines is 1. The van der Waals surface area contributed by atoms with Crippen molar-refractivity contribution in [2.45, 2.75) is 6.92 Å². The Kier molecular flexibility index (Phi) is 2.36. The molecule has 2 aromatic rings. The zero-order valence-electron chi connectivity index (χ0n) is 8.70. The first-order valence-corrected chi connectivity index (χ1v) is 4.76. The van der Waals surface area contributed by atoms with E-state index in [2.05, 4.69) is 9.97 Å². The van der Waals surface area contributed by atoms with Gasteiger partial charge in [-0.05, 0) is 18.6 Å². The lowest BCUT2D eigenvalue weighted by Crippen LogP contribution is -2.21. The van der Waals surface area contributed by atoms with Crippen molar-refractivity contribution >= 4 is 5.69 Å². The monoisotopic (exact) mass is 217 g/mol. The maximum atomic E-state index is 11.1. The molecule has 1 heterocycles. The number of aryl methyl sites for hydroxylation is 1. The third-order valence-electron chi connectivity index (χ3n) is 2.35. The zero-order chi connectivity index (χ0) is 11.7. The molecule has 4 N–H and O–H groups in total. The highest BCUT2D eigenvalue weighted by atomic mass is 16.2. The summed E-state index contributed by atoms with van der Waals surface area (Å²) in [6.45, 7) is 1.89. The van der Waals surface area contributed by atoms with Gasteiger partial charge in [-0.1, -0.05) is 12.1 Å². The third-order valence-corrected chi connectivity index (χ3v) is 2.35. The highest BCUT2D eigenvalue weighted by Gasteiger charge is 2.02. The predicted molar refractivity (Wildman–Crippen MR) is 62.3 cm³/mol. The topological polar surface area (TPSA) is 91.7 Å². The summed E-state index contributed by atoms with van der Waals surface area (Å²) in [6.07, 6.45) is 0. The van der Waals surface area contributed by atoms with Gasteiger partial charge in [0.2, 0.25) is 0 Å². The molecule has 1 aromatic heterocycles. The van der Waals surface area contributed by atoms with Crippen LogP contribution in [0.3, 0.4) is 0 Å². The largest absolute Gasteiger partial charge is 0.398 e. The van der Waals surface area contributed by atoms with Gasteiger partial charge in [0.05, 0.1) is 5.69 Å². The van der Waals surface area contributed by atoms with Crippen LogP contribution in [0, 0.1) is 6.92 Å². The van der Waals surface area contributed by atoms with E-state index in [0.717, 1.165) is 5.56 Å². The Morgan fingerprint density at radius 3 is 2.50 bits per heavy atom. The van der Waals surface area contributed by atoms with E-state index in [0.29, 0.717) is 16.9 Å². The number of hydrogen-bond donors (Lipinski definition) is 3. The molecule has 0 saturated heterocycles. The van der Waals surface area contributed by atoms with Gasteiger partial charge >= 0.3 is 5.69 Å². The molecule has 0 radical (unpaired) electrons. The summed E-state index contributed by atoms with van der Waals surface area (Å²) in [4.78, 5) is 26.9. The summed E-state index contributed by atoms with van der Waals surface area (Å²) in [5.74, 6) is 0. The molecule has 0 aliphatic heterocycles. The van der Waals surface area contributed by atoms with Crippen LogP contribution in [0.2, 0.25) is 0 Å². The van der Waals surface area contributed by atoms with Crippen LogP contribution in [0.25, 0.3) is 11.3 Å². The summed E-state index contributed by atoms with van der Waals surface area (Å²) in [6, 6.07) is 6.69. The smallest absolute Gasteiger partial charge is 0.326 e. The highest BCUT2D eigenvalue weighted by molar-refractivity contribution is 5.65. The Balaban J connectivity index is 2.63. The fraction of sp³-hybridized carbons (Fsp3) is 0.0909. The van der Waals surface area contributed by atoms with Crippen LogP contribution in [-0.4, -0.2) is 9.97 Å². The number of benzene rings is 1. The van der Waals surface area contributed by atoms with E-state index in [1.807, 2.05) is 13.0 Å². The minimum absolute atomic E-state index is 0.433. The van der Waals surface area contributed by atoms with Crippen LogP contribution in [0.4, 0.5) is 5.69 Å². The molecule has 16 heavy (non-hydrogen) atoms. The van der Waals surface area contributed by atoms with Gasteiger partial charge in [0.25, 0.3) is 5.56 Å². The second-order valence-electron chi connectivity index (χ2n) is 3.57. The number of rotatable bonds is 1. The summed E-state index contributed by atoms with van der Waals surface area (Å²) >= 11 is 0. The predicted octanol–water partition coefficient (Wildman–Crippen LogP) is 0.621. The molecule has 0 fully saturated rings. The van der Waals surface area contributed by atoms with Crippen LogP contribution < -0.4 is 17.0 Å². The average molecular weight is 217 g/mol. The van der Waals surface area contributed by atoms with Crippen molar-refractivity contribution in [3.05, 3.63) is 50.7 Å². The molecule has 0 saturated carbocycles. The first-order chi connectivity index (χ1) is 7.56. The van der Waals surface area contributed by atoms with Crippen molar-refractivity contribution in [1.82, 2.24) is 9.97 Å². The Morgan fingerprint density at radius 1 is 1.12 bits per heavy atom. The van der Waals surface area contributed by atoms with Gasteiger partial charge < -0.3 is 10.7 Å². The first-order valence-electron chi connectivity index (χ1n) is 4.76. The minimum Gasteiger partial charge on any atom is -0.398 e. The van der Waals surface area contributed by atoms with E-state index < -0.39 is 11.2 Å². The number of hydrogen-bond acceptors (Lipinski definition) is 3. The number of aromatic amines is 2. The van der Waals surface area contributed by atoms with Gasteiger partial charge in [-0.2, -0.15) is 0 Å². The van der Waals surface area contributed by atoms with E-state index in [1.165, 1.54) is 6.07 Å². The molecular formula is C11H11N3O2. The van der Waals surface area contributed by atoms with Crippen molar-refractivity contribution in [3.8, 4) is 11.3 Å². The van der Waals surface area contributed by atoms with Crippen molar-refractivity contribution in [2.24, 2.45) is 0 Å². The number of nitrogen functional groups attached to an aromatic ring is 1. The summed E-state index contributed by atoms with van der Waals surface area (Å²) in [5.41, 5.74) is 7.55. The average Bonchev–Trinajstić information content (AvgIpc) is 2.20. The number of aromatic nitrogens is 2. The number of nitrogens with one attached hydrogen (secondary N) is 2. The summed E-state index contributed by atoms with van der Waals surface area (Å²) in [5, 5.41) is 0.